The van der Waals surface area contributed by atoms with Gasteiger partial charge in [0, 0.05) is 6.54 Å². The Morgan fingerprint density at radius 1 is 1.00 bits per heavy atom. The number of nitrogens with zero attached hydrogens (tertiary/aromatic N) is 2. The highest BCUT2D eigenvalue weighted by Gasteiger charge is 2.16. The van der Waals surface area contributed by atoms with Crippen LogP contribution in [0.25, 0.3) is 0 Å². The van der Waals surface area contributed by atoms with E-state index in [1.165, 1.54) is 77.0 Å². The molecule has 0 aromatic rings. The third kappa shape index (κ3) is 9.80. The highest BCUT2D eigenvalue weighted by atomic mass is 15.3. The van der Waals surface area contributed by atoms with Crippen molar-refractivity contribution in [2.75, 3.05) is 13.1 Å². The normalized spacial score (nSPS) is 16.3. The van der Waals surface area contributed by atoms with E-state index < -0.39 is 0 Å². The molecule has 3 nitrogen and oxygen atoms in total. The van der Waals surface area contributed by atoms with Gasteiger partial charge in [-0.2, -0.15) is 0 Å². The second kappa shape index (κ2) is 13.6. The molecule has 0 amide bonds. The average molecular weight is 322 g/mol. The Hall–Kier alpha value is -0.830. The molecule has 2 N–H and O–H groups in total. The molecule has 0 aliphatic carbocycles. The van der Waals surface area contributed by atoms with Crippen molar-refractivity contribution in [2.24, 2.45) is 10.7 Å². The van der Waals surface area contributed by atoms with Gasteiger partial charge in [-0.1, -0.05) is 77.2 Å². The second-order valence-electron chi connectivity index (χ2n) is 6.90. The van der Waals surface area contributed by atoms with Gasteiger partial charge in [-0.15, -0.1) is 0 Å². The molecule has 1 unspecified atom stereocenters. The van der Waals surface area contributed by atoms with Crippen LogP contribution in [0, 0.1) is 0 Å². The molecule has 0 bridgehead atoms. The quantitative estimate of drug-likeness (QED) is 0.443. The summed E-state index contributed by atoms with van der Waals surface area (Å²) in [6.07, 6.45) is 21.1. The third-order valence-corrected chi connectivity index (χ3v) is 4.64. The average Bonchev–Trinajstić information content (AvgIpc) is 3.00. The second-order valence-corrected chi connectivity index (χ2v) is 6.90. The summed E-state index contributed by atoms with van der Waals surface area (Å²) >= 11 is 0. The van der Waals surface area contributed by atoms with E-state index in [4.69, 9.17) is 5.73 Å². The first-order valence-electron chi connectivity index (χ1n) is 9.99. The van der Waals surface area contributed by atoms with Gasteiger partial charge < -0.3 is 10.6 Å². The van der Waals surface area contributed by atoms with Crippen molar-refractivity contribution >= 4 is 5.84 Å². The van der Waals surface area contributed by atoms with E-state index in [9.17, 15) is 0 Å². The van der Waals surface area contributed by atoms with Gasteiger partial charge in [0.05, 0.1) is 12.7 Å². The number of nitrogens with two attached hydrogens (primary N) is 1. The van der Waals surface area contributed by atoms with E-state index in [1.54, 1.807) is 0 Å². The number of aliphatic imine (C=N–C) groups is 1. The van der Waals surface area contributed by atoms with Crippen LogP contribution in [0.3, 0.4) is 0 Å². The number of hydrogen-bond acceptors (Lipinski definition) is 3. The van der Waals surface area contributed by atoms with Crippen molar-refractivity contribution in [3.05, 3.63) is 12.2 Å². The van der Waals surface area contributed by atoms with Gasteiger partial charge in [0.15, 0.2) is 0 Å². The Kier molecular flexibility index (Phi) is 11.9. The fourth-order valence-electron chi connectivity index (χ4n) is 3.15. The van der Waals surface area contributed by atoms with Crippen LogP contribution >= 0.6 is 0 Å². The summed E-state index contributed by atoms with van der Waals surface area (Å²) in [6, 6.07) is 0. The Morgan fingerprint density at radius 3 is 2.13 bits per heavy atom. The molecule has 0 aromatic carbocycles. The summed E-state index contributed by atoms with van der Waals surface area (Å²) < 4.78 is 0. The summed E-state index contributed by atoms with van der Waals surface area (Å²) in [5.74, 6) is 1.07. The van der Waals surface area contributed by atoms with Gasteiger partial charge in [0.1, 0.15) is 5.84 Å². The maximum absolute atomic E-state index is 5.94. The van der Waals surface area contributed by atoms with Gasteiger partial charge in [-0.25, -0.2) is 0 Å². The van der Waals surface area contributed by atoms with Gasteiger partial charge in [0.2, 0.25) is 0 Å². The highest BCUT2D eigenvalue weighted by molar-refractivity contribution is 5.94. The number of rotatable bonds is 14. The number of hydrogen-bond donors (Lipinski definition) is 1. The van der Waals surface area contributed by atoms with Crippen LogP contribution in [0.1, 0.15) is 90.9 Å². The van der Waals surface area contributed by atoms with Crippen LogP contribution < -0.4 is 5.73 Å². The van der Waals surface area contributed by atoms with E-state index in [2.05, 4.69) is 29.0 Å². The molecule has 0 spiro atoms. The van der Waals surface area contributed by atoms with Crippen molar-refractivity contribution in [3.63, 3.8) is 0 Å². The van der Waals surface area contributed by atoms with Crippen molar-refractivity contribution in [3.8, 4) is 0 Å². The molecule has 134 valence electrons. The van der Waals surface area contributed by atoms with E-state index in [-0.39, 0.29) is 6.17 Å². The molecule has 0 saturated carbocycles. The van der Waals surface area contributed by atoms with Crippen molar-refractivity contribution < 1.29 is 0 Å². The molecule has 0 radical (unpaired) electrons. The first-order chi connectivity index (χ1) is 11.3. The standard InChI is InChI=1S/C20H39N3/c1-3-4-5-6-7-8-9-10-11-12-13-14-15-16-20-22-17-18-23(20)19(2)21/h15-16,19H,3-14,17-18,21H2,1-2H3. The Bertz CT molecular complexity index is 334. The predicted octanol–water partition coefficient (Wildman–Crippen LogP) is 5.26. The first-order valence-corrected chi connectivity index (χ1v) is 9.99. The Labute approximate surface area is 144 Å². The van der Waals surface area contributed by atoms with E-state index in [0.29, 0.717) is 0 Å². The van der Waals surface area contributed by atoms with Crippen LogP contribution in [0.4, 0.5) is 0 Å². The summed E-state index contributed by atoms with van der Waals surface area (Å²) in [5.41, 5.74) is 5.94. The minimum Gasteiger partial charge on any atom is -0.340 e. The lowest BCUT2D eigenvalue weighted by molar-refractivity contribution is 0.367. The largest absolute Gasteiger partial charge is 0.340 e. The van der Waals surface area contributed by atoms with Crippen LogP contribution in [-0.2, 0) is 0 Å². The van der Waals surface area contributed by atoms with Crippen molar-refractivity contribution in [2.45, 2.75) is 97.1 Å². The zero-order valence-corrected chi connectivity index (χ0v) is 15.6. The number of allylic oxidation sites excluding steroid dienone is 1. The molecular weight excluding hydrogens is 282 g/mol. The maximum atomic E-state index is 5.94. The number of amidine groups is 1. The molecular formula is C20H39N3. The zero-order chi connectivity index (χ0) is 16.8. The maximum Gasteiger partial charge on any atom is 0.124 e. The first kappa shape index (κ1) is 20.2. The molecule has 0 fully saturated rings. The molecule has 23 heavy (non-hydrogen) atoms. The predicted molar refractivity (Wildman–Crippen MR) is 103 cm³/mol. The molecule has 3 heteroatoms. The topological polar surface area (TPSA) is 41.6 Å². The van der Waals surface area contributed by atoms with E-state index >= 15 is 0 Å². The fourth-order valence-corrected chi connectivity index (χ4v) is 3.15. The zero-order valence-electron chi connectivity index (χ0n) is 15.6. The lowest BCUT2D eigenvalue weighted by Crippen LogP contribution is -2.41. The number of unbranched alkanes of at least 4 members (excludes halogenated alkanes) is 11. The lowest BCUT2D eigenvalue weighted by atomic mass is 10.1. The Balaban J connectivity index is 1.89. The van der Waals surface area contributed by atoms with Crippen molar-refractivity contribution in [1.29, 1.82) is 0 Å². The minimum absolute atomic E-state index is 0.0721. The monoisotopic (exact) mass is 321 g/mol. The van der Waals surface area contributed by atoms with Gasteiger partial charge in [0.25, 0.3) is 0 Å². The molecule has 1 aliphatic heterocycles. The van der Waals surface area contributed by atoms with Crippen LogP contribution in [0.2, 0.25) is 0 Å². The van der Waals surface area contributed by atoms with Crippen LogP contribution in [0.5, 0.6) is 0 Å². The lowest BCUT2D eigenvalue weighted by Gasteiger charge is -2.22. The van der Waals surface area contributed by atoms with Crippen LogP contribution in [0.15, 0.2) is 17.1 Å². The van der Waals surface area contributed by atoms with Gasteiger partial charge in [-0.05, 0) is 25.8 Å². The molecule has 0 aromatic heterocycles. The molecule has 1 aliphatic rings. The Morgan fingerprint density at radius 2 is 1.57 bits per heavy atom. The summed E-state index contributed by atoms with van der Waals surface area (Å²) in [4.78, 5) is 6.69. The third-order valence-electron chi connectivity index (χ3n) is 4.64. The molecule has 1 rings (SSSR count). The minimum atomic E-state index is 0.0721. The van der Waals surface area contributed by atoms with E-state index in [0.717, 1.165) is 18.9 Å². The smallest absolute Gasteiger partial charge is 0.124 e. The summed E-state index contributed by atoms with van der Waals surface area (Å²) in [5, 5.41) is 0. The van der Waals surface area contributed by atoms with E-state index in [1.807, 2.05) is 6.92 Å². The molecule has 0 saturated heterocycles. The fraction of sp³-hybridized carbons (Fsp3) is 0.850. The van der Waals surface area contributed by atoms with Gasteiger partial charge >= 0.3 is 0 Å². The summed E-state index contributed by atoms with van der Waals surface area (Å²) in [7, 11) is 0. The molecule has 1 heterocycles. The highest BCUT2D eigenvalue weighted by Crippen LogP contribution is 2.12. The van der Waals surface area contributed by atoms with Crippen molar-refractivity contribution in [1.82, 2.24) is 4.90 Å². The molecule has 1 atom stereocenters. The SMILES string of the molecule is CCCCCCCCCCCCCC=CC1=NCCN1C(C)N. The summed E-state index contributed by atoms with van der Waals surface area (Å²) in [6.45, 7) is 6.17. The van der Waals surface area contributed by atoms with Crippen LogP contribution in [-0.4, -0.2) is 30.0 Å². The van der Waals surface area contributed by atoms with Gasteiger partial charge in [-0.3, -0.25) is 4.99 Å².